The van der Waals surface area contributed by atoms with Crippen molar-refractivity contribution in [3.05, 3.63) is 28.8 Å². The van der Waals surface area contributed by atoms with E-state index in [1.165, 1.54) is 6.42 Å². The highest BCUT2D eigenvalue weighted by Gasteiger charge is 2.47. The number of benzene rings is 1. The van der Waals surface area contributed by atoms with Gasteiger partial charge in [0.1, 0.15) is 11.8 Å². The van der Waals surface area contributed by atoms with E-state index in [0.29, 0.717) is 17.9 Å². The van der Waals surface area contributed by atoms with Crippen LogP contribution in [-0.4, -0.2) is 41.2 Å². The predicted octanol–water partition coefficient (Wildman–Crippen LogP) is 1.19. The smallest absolute Gasteiger partial charge is 0.262 e. The lowest BCUT2D eigenvalue weighted by molar-refractivity contribution is -0.136. The van der Waals surface area contributed by atoms with Crippen molar-refractivity contribution in [2.75, 3.05) is 6.61 Å². The highest BCUT2D eigenvalue weighted by molar-refractivity contribution is 6.23. The lowest BCUT2D eigenvalue weighted by Crippen LogP contribution is -2.54. The Morgan fingerprint density at radius 3 is 2.46 bits per heavy atom. The van der Waals surface area contributed by atoms with Crippen molar-refractivity contribution in [3.8, 4) is 5.75 Å². The van der Waals surface area contributed by atoms with Crippen molar-refractivity contribution < 1.29 is 23.9 Å². The molecule has 3 aliphatic heterocycles. The summed E-state index contributed by atoms with van der Waals surface area (Å²) in [6.07, 6.45) is 4.58. The number of hydrogen-bond donors (Lipinski definition) is 1. The molecule has 2 fully saturated rings. The second-order valence-corrected chi connectivity index (χ2v) is 7.77. The number of rotatable bonds is 1. The largest absolute Gasteiger partial charge is 0.493 e. The van der Waals surface area contributed by atoms with E-state index >= 15 is 0 Å². The topological polar surface area (TPSA) is 92.8 Å². The van der Waals surface area contributed by atoms with Crippen LogP contribution in [0.25, 0.3) is 0 Å². The first-order chi connectivity index (χ1) is 12.5. The Labute approximate surface area is 149 Å². The van der Waals surface area contributed by atoms with E-state index in [1.807, 2.05) is 0 Å². The first kappa shape index (κ1) is 15.5. The lowest BCUT2D eigenvalue weighted by Gasteiger charge is -2.44. The zero-order valence-corrected chi connectivity index (χ0v) is 14.2. The van der Waals surface area contributed by atoms with Crippen molar-refractivity contribution in [1.82, 2.24) is 10.2 Å². The molecule has 7 nitrogen and oxygen atoms in total. The minimum Gasteiger partial charge on any atom is -0.493 e. The van der Waals surface area contributed by atoms with Gasteiger partial charge < -0.3 is 4.74 Å². The Balaban J connectivity index is 1.49. The van der Waals surface area contributed by atoms with Crippen LogP contribution >= 0.6 is 0 Å². The summed E-state index contributed by atoms with van der Waals surface area (Å²) < 4.78 is 5.90. The average molecular weight is 354 g/mol. The highest BCUT2D eigenvalue weighted by atomic mass is 16.5. The molecule has 1 spiro atoms. The number of imide groups is 2. The molecule has 3 heterocycles. The molecule has 1 unspecified atom stereocenters. The molecule has 1 aromatic carbocycles. The second kappa shape index (κ2) is 5.16. The number of carbonyl (C=O) groups excluding carboxylic acids is 4. The summed E-state index contributed by atoms with van der Waals surface area (Å²) in [5.41, 5.74) is 1.75. The third kappa shape index (κ3) is 2.06. The zero-order chi connectivity index (χ0) is 18.1. The molecule has 7 heteroatoms. The van der Waals surface area contributed by atoms with Gasteiger partial charge in [0.2, 0.25) is 11.8 Å². The zero-order valence-electron chi connectivity index (χ0n) is 14.2. The van der Waals surface area contributed by atoms with E-state index in [2.05, 4.69) is 5.32 Å². The van der Waals surface area contributed by atoms with Gasteiger partial charge in [0.05, 0.1) is 17.7 Å². The molecule has 5 rings (SSSR count). The quantitative estimate of drug-likeness (QED) is 0.765. The summed E-state index contributed by atoms with van der Waals surface area (Å²) in [7, 11) is 0. The first-order valence-electron chi connectivity index (χ1n) is 8.99. The first-order valence-corrected chi connectivity index (χ1v) is 8.99. The van der Waals surface area contributed by atoms with Crippen LogP contribution < -0.4 is 10.1 Å². The molecule has 0 aromatic heterocycles. The van der Waals surface area contributed by atoms with E-state index in [9.17, 15) is 19.2 Å². The third-order valence-corrected chi connectivity index (χ3v) is 6.13. The maximum Gasteiger partial charge on any atom is 0.262 e. The van der Waals surface area contributed by atoms with Gasteiger partial charge >= 0.3 is 0 Å². The Bertz CT molecular complexity index is 886. The van der Waals surface area contributed by atoms with Crippen molar-refractivity contribution in [2.24, 2.45) is 5.41 Å². The molecule has 1 aromatic rings. The summed E-state index contributed by atoms with van der Waals surface area (Å²) in [6.45, 7) is 0.651. The van der Waals surface area contributed by atoms with Crippen LogP contribution in [0, 0.1) is 5.41 Å². The minimum atomic E-state index is -0.934. The fraction of sp³-hybridized carbons (Fsp3) is 0.474. The van der Waals surface area contributed by atoms with E-state index in [4.69, 9.17) is 4.74 Å². The maximum absolute atomic E-state index is 12.9. The monoisotopic (exact) mass is 354 g/mol. The maximum atomic E-state index is 12.9. The SMILES string of the molecule is O=C1CCC(N2C(=O)c3cc4c(cc3C2=O)OCC2(CCC2)C4)C(=O)N1. The van der Waals surface area contributed by atoms with E-state index in [0.717, 1.165) is 29.7 Å². The molecular formula is C19H18N2O5. The highest BCUT2D eigenvalue weighted by Crippen LogP contribution is 2.49. The number of ether oxygens (including phenoxy) is 1. The second-order valence-electron chi connectivity index (χ2n) is 7.77. The van der Waals surface area contributed by atoms with Crippen molar-refractivity contribution in [3.63, 3.8) is 0 Å². The van der Waals surface area contributed by atoms with Gasteiger partial charge in [-0.05, 0) is 43.4 Å². The standard InChI is InChI=1S/C19H18N2O5/c22-15-3-2-13(16(23)20-15)21-17(24)11-6-10-8-19(4-1-5-19)9-26-14(10)7-12(11)18(21)25/h6-7,13H,1-5,8-9H2,(H,20,22,23). The Kier molecular flexibility index (Phi) is 3.08. The summed E-state index contributed by atoms with van der Waals surface area (Å²) in [6, 6.07) is 2.47. The molecule has 1 atom stereocenters. The fourth-order valence-corrected chi connectivity index (χ4v) is 4.50. The molecule has 134 valence electrons. The van der Waals surface area contributed by atoms with Crippen molar-refractivity contribution in [1.29, 1.82) is 0 Å². The van der Waals surface area contributed by atoms with Gasteiger partial charge in [0, 0.05) is 11.8 Å². The fourth-order valence-electron chi connectivity index (χ4n) is 4.50. The molecule has 1 saturated heterocycles. The number of fused-ring (bicyclic) bond motifs is 2. The van der Waals surface area contributed by atoms with Gasteiger partial charge in [-0.3, -0.25) is 29.4 Å². The van der Waals surface area contributed by atoms with E-state index in [-0.39, 0.29) is 29.7 Å². The molecule has 0 radical (unpaired) electrons. The summed E-state index contributed by atoms with van der Waals surface area (Å²) in [5, 5.41) is 2.21. The van der Waals surface area contributed by atoms with Crippen molar-refractivity contribution >= 4 is 23.6 Å². The normalized spacial score (nSPS) is 26.2. The third-order valence-electron chi connectivity index (χ3n) is 6.13. The average Bonchev–Trinajstić information content (AvgIpc) is 2.82. The van der Waals surface area contributed by atoms with Gasteiger partial charge in [-0.2, -0.15) is 0 Å². The van der Waals surface area contributed by atoms with Crippen LogP contribution in [-0.2, 0) is 16.0 Å². The molecule has 1 aliphatic carbocycles. The number of carbonyl (C=O) groups is 4. The van der Waals surface area contributed by atoms with Gasteiger partial charge in [0.25, 0.3) is 11.8 Å². The van der Waals surface area contributed by atoms with Crippen LogP contribution in [0.4, 0.5) is 0 Å². The van der Waals surface area contributed by atoms with Crippen LogP contribution in [0.1, 0.15) is 58.4 Å². The summed E-state index contributed by atoms with van der Waals surface area (Å²) >= 11 is 0. The summed E-state index contributed by atoms with van der Waals surface area (Å²) in [5.74, 6) is -1.26. The lowest BCUT2D eigenvalue weighted by atomic mass is 9.65. The van der Waals surface area contributed by atoms with Gasteiger partial charge in [0.15, 0.2) is 0 Å². The number of piperidine rings is 1. The van der Waals surface area contributed by atoms with Crippen molar-refractivity contribution in [2.45, 2.75) is 44.6 Å². The van der Waals surface area contributed by atoms with Crippen LogP contribution in [0.15, 0.2) is 12.1 Å². The van der Waals surface area contributed by atoms with Crippen LogP contribution in [0.3, 0.4) is 0 Å². The molecule has 4 aliphatic rings. The molecule has 0 bridgehead atoms. The van der Waals surface area contributed by atoms with Gasteiger partial charge in [-0.1, -0.05) is 6.42 Å². The molecular weight excluding hydrogens is 336 g/mol. The molecule has 4 amide bonds. The van der Waals surface area contributed by atoms with E-state index < -0.39 is 23.8 Å². The number of nitrogens with one attached hydrogen (secondary N) is 1. The van der Waals surface area contributed by atoms with Gasteiger partial charge in [-0.15, -0.1) is 0 Å². The molecule has 1 saturated carbocycles. The van der Waals surface area contributed by atoms with E-state index in [1.54, 1.807) is 12.1 Å². The minimum absolute atomic E-state index is 0.117. The number of hydrogen-bond acceptors (Lipinski definition) is 5. The molecule has 1 N–H and O–H groups in total. The van der Waals surface area contributed by atoms with Gasteiger partial charge in [-0.25, -0.2) is 0 Å². The Hall–Kier alpha value is -2.70. The molecule has 26 heavy (non-hydrogen) atoms. The number of nitrogens with zero attached hydrogens (tertiary/aromatic N) is 1. The predicted molar refractivity (Wildman–Crippen MR) is 88.6 cm³/mol. The van der Waals surface area contributed by atoms with Crippen LogP contribution in [0.5, 0.6) is 5.75 Å². The summed E-state index contributed by atoms with van der Waals surface area (Å²) in [4.78, 5) is 50.1. The van der Waals surface area contributed by atoms with Crippen LogP contribution in [0.2, 0.25) is 0 Å². The Morgan fingerprint density at radius 1 is 1.08 bits per heavy atom. The Morgan fingerprint density at radius 2 is 1.81 bits per heavy atom. The number of amides is 4.